The van der Waals surface area contributed by atoms with Crippen LogP contribution in [0.15, 0.2) is 12.4 Å². The van der Waals surface area contributed by atoms with Gasteiger partial charge in [0, 0.05) is 37.6 Å². The number of hydrogen-bond donors (Lipinski definition) is 1. The average molecular weight is 250 g/mol. The number of imidazole rings is 1. The van der Waals surface area contributed by atoms with Gasteiger partial charge in [0.1, 0.15) is 5.82 Å². The fraction of sp³-hybridized carbons (Fsp3) is 0.786. The zero-order chi connectivity index (χ0) is 13.3. The summed E-state index contributed by atoms with van der Waals surface area (Å²) in [6.45, 7) is 12.0. The summed E-state index contributed by atoms with van der Waals surface area (Å²) in [5.41, 5.74) is 6.38. The van der Waals surface area contributed by atoms with Gasteiger partial charge in [-0.05, 0) is 25.7 Å². The van der Waals surface area contributed by atoms with Crippen LogP contribution in [0.25, 0.3) is 0 Å². The number of piperidine rings is 1. The van der Waals surface area contributed by atoms with Crippen molar-refractivity contribution < 1.29 is 0 Å². The number of hydrogen-bond acceptors (Lipinski definition) is 3. The minimum Gasteiger partial charge on any atom is -0.331 e. The molecule has 2 heterocycles. The molecule has 0 radical (unpaired) electrons. The molecule has 1 aromatic heterocycles. The van der Waals surface area contributed by atoms with E-state index in [1.165, 1.54) is 0 Å². The molecule has 1 fully saturated rings. The molecule has 1 saturated heterocycles. The monoisotopic (exact) mass is 250 g/mol. The molecule has 0 amide bonds. The van der Waals surface area contributed by atoms with Gasteiger partial charge in [-0.1, -0.05) is 13.8 Å². The predicted octanol–water partition coefficient (Wildman–Crippen LogP) is 2.02. The SMILES string of the molecule is CC(C)n1ccnc1CN1CCC(N)C(C)(C)C1. The van der Waals surface area contributed by atoms with Gasteiger partial charge < -0.3 is 10.3 Å². The summed E-state index contributed by atoms with van der Waals surface area (Å²) in [5.74, 6) is 1.16. The zero-order valence-corrected chi connectivity index (χ0v) is 12.1. The van der Waals surface area contributed by atoms with Crippen LogP contribution in [0, 0.1) is 5.41 Å². The first-order valence-corrected chi connectivity index (χ1v) is 6.90. The van der Waals surface area contributed by atoms with Crippen molar-refractivity contribution >= 4 is 0 Å². The lowest BCUT2D eigenvalue weighted by Crippen LogP contribution is -2.52. The van der Waals surface area contributed by atoms with Crippen molar-refractivity contribution in [2.45, 2.75) is 52.7 Å². The first-order chi connectivity index (χ1) is 8.40. The third-order valence-electron chi connectivity index (χ3n) is 4.06. The van der Waals surface area contributed by atoms with E-state index >= 15 is 0 Å². The summed E-state index contributed by atoms with van der Waals surface area (Å²) in [6, 6.07) is 0.793. The summed E-state index contributed by atoms with van der Waals surface area (Å²) in [7, 11) is 0. The van der Waals surface area contributed by atoms with Crippen molar-refractivity contribution in [3.8, 4) is 0 Å². The molecule has 2 N–H and O–H groups in total. The van der Waals surface area contributed by atoms with Crippen LogP contribution in [-0.2, 0) is 6.54 Å². The van der Waals surface area contributed by atoms with E-state index in [0.717, 1.165) is 31.9 Å². The van der Waals surface area contributed by atoms with E-state index in [4.69, 9.17) is 5.73 Å². The van der Waals surface area contributed by atoms with E-state index in [2.05, 4.69) is 48.3 Å². The van der Waals surface area contributed by atoms with Gasteiger partial charge in [-0.3, -0.25) is 4.90 Å². The normalized spacial score (nSPS) is 24.7. The van der Waals surface area contributed by atoms with Gasteiger partial charge in [-0.15, -0.1) is 0 Å². The first-order valence-electron chi connectivity index (χ1n) is 6.90. The van der Waals surface area contributed by atoms with Crippen molar-refractivity contribution in [1.82, 2.24) is 14.5 Å². The highest BCUT2D eigenvalue weighted by atomic mass is 15.2. The van der Waals surface area contributed by atoms with Gasteiger partial charge in [0.2, 0.25) is 0 Å². The number of likely N-dealkylation sites (tertiary alicyclic amines) is 1. The molecule has 1 atom stereocenters. The summed E-state index contributed by atoms with van der Waals surface area (Å²) in [4.78, 5) is 6.97. The Labute approximate surface area is 110 Å². The number of nitrogens with zero attached hydrogens (tertiary/aromatic N) is 3. The maximum absolute atomic E-state index is 6.18. The van der Waals surface area contributed by atoms with E-state index in [1.54, 1.807) is 0 Å². The summed E-state index contributed by atoms with van der Waals surface area (Å²) >= 11 is 0. The van der Waals surface area contributed by atoms with Crippen molar-refractivity contribution in [3.63, 3.8) is 0 Å². The fourth-order valence-corrected chi connectivity index (χ4v) is 2.76. The van der Waals surface area contributed by atoms with Crippen molar-refractivity contribution in [1.29, 1.82) is 0 Å². The van der Waals surface area contributed by atoms with Crippen LogP contribution in [0.5, 0.6) is 0 Å². The Morgan fingerprint density at radius 1 is 1.50 bits per heavy atom. The van der Waals surface area contributed by atoms with Gasteiger partial charge in [-0.2, -0.15) is 0 Å². The van der Waals surface area contributed by atoms with Crippen LogP contribution >= 0.6 is 0 Å². The Morgan fingerprint density at radius 3 is 2.83 bits per heavy atom. The topological polar surface area (TPSA) is 47.1 Å². The van der Waals surface area contributed by atoms with Gasteiger partial charge in [-0.25, -0.2) is 4.98 Å². The van der Waals surface area contributed by atoms with Gasteiger partial charge in [0.25, 0.3) is 0 Å². The molecule has 0 spiro atoms. The minimum absolute atomic E-state index is 0.202. The van der Waals surface area contributed by atoms with E-state index in [0.29, 0.717) is 12.1 Å². The second-order valence-electron chi connectivity index (χ2n) is 6.44. The molecule has 0 saturated carbocycles. The second kappa shape index (κ2) is 5.02. The van der Waals surface area contributed by atoms with Crippen LogP contribution < -0.4 is 5.73 Å². The molecule has 2 rings (SSSR count). The van der Waals surface area contributed by atoms with E-state index in [-0.39, 0.29) is 5.41 Å². The van der Waals surface area contributed by atoms with E-state index in [9.17, 15) is 0 Å². The molecule has 1 aliphatic rings. The molecule has 0 aliphatic carbocycles. The molecule has 4 nitrogen and oxygen atoms in total. The van der Waals surface area contributed by atoms with Crippen molar-refractivity contribution in [3.05, 3.63) is 18.2 Å². The maximum Gasteiger partial charge on any atom is 0.123 e. The van der Waals surface area contributed by atoms with Crippen LogP contribution in [0.3, 0.4) is 0 Å². The number of aromatic nitrogens is 2. The minimum atomic E-state index is 0.202. The lowest BCUT2D eigenvalue weighted by molar-refractivity contribution is 0.0867. The quantitative estimate of drug-likeness (QED) is 0.893. The molecule has 0 aromatic carbocycles. The highest BCUT2D eigenvalue weighted by molar-refractivity contribution is 4.97. The van der Waals surface area contributed by atoms with E-state index < -0.39 is 0 Å². The van der Waals surface area contributed by atoms with Crippen LogP contribution in [0.2, 0.25) is 0 Å². The highest BCUT2D eigenvalue weighted by Crippen LogP contribution is 2.28. The third-order valence-corrected chi connectivity index (χ3v) is 4.06. The Morgan fingerprint density at radius 2 is 2.22 bits per heavy atom. The smallest absolute Gasteiger partial charge is 0.123 e. The second-order valence-corrected chi connectivity index (χ2v) is 6.44. The summed E-state index contributed by atoms with van der Waals surface area (Å²) < 4.78 is 2.25. The molecule has 102 valence electrons. The Bertz CT molecular complexity index is 394. The molecular weight excluding hydrogens is 224 g/mol. The summed E-state index contributed by atoms with van der Waals surface area (Å²) in [5, 5.41) is 0. The standard InChI is InChI=1S/C14H26N4/c1-11(2)18-8-6-16-13(18)9-17-7-5-12(15)14(3,4)10-17/h6,8,11-12H,5,7,9-10,15H2,1-4H3. The molecule has 0 bridgehead atoms. The largest absolute Gasteiger partial charge is 0.331 e. The predicted molar refractivity (Wildman–Crippen MR) is 74.3 cm³/mol. The Hall–Kier alpha value is -0.870. The lowest BCUT2D eigenvalue weighted by Gasteiger charge is -2.42. The summed E-state index contributed by atoms with van der Waals surface area (Å²) in [6.07, 6.45) is 5.05. The lowest BCUT2D eigenvalue weighted by atomic mass is 9.80. The highest BCUT2D eigenvalue weighted by Gasteiger charge is 2.33. The number of nitrogens with two attached hydrogens (primary N) is 1. The maximum atomic E-state index is 6.18. The van der Waals surface area contributed by atoms with Gasteiger partial charge >= 0.3 is 0 Å². The Kier molecular flexibility index (Phi) is 3.78. The third kappa shape index (κ3) is 2.75. The average Bonchev–Trinajstić information content (AvgIpc) is 2.71. The molecule has 1 aromatic rings. The molecule has 4 heteroatoms. The first kappa shape index (κ1) is 13.6. The Balaban J connectivity index is 2.04. The van der Waals surface area contributed by atoms with Crippen LogP contribution in [-0.4, -0.2) is 33.6 Å². The van der Waals surface area contributed by atoms with Crippen molar-refractivity contribution in [2.24, 2.45) is 11.1 Å². The van der Waals surface area contributed by atoms with Gasteiger partial charge in [0.05, 0.1) is 6.54 Å². The molecule has 1 aliphatic heterocycles. The molecular formula is C14H26N4. The number of rotatable bonds is 3. The zero-order valence-electron chi connectivity index (χ0n) is 12.1. The van der Waals surface area contributed by atoms with Crippen molar-refractivity contribution in [2.75, 3.05) is 13.1 Å². The van der Waals surface area contributed by atoms with E-state index in [1.807, 2.05) is 6.20 Å². The van der Waals surface area contributed by atoms with Crippen LogP contribution in [0.4, 0.5) is 0 Å². The molecule has 1 unspecified atom stereocenters. The fourth-order valence-electron chi connectivity index (χ4n) is 2.76. The van der Waals surface area contributed by atoms with Crippen LogP contribution in [0.1, 0.15) is 46.0 Å². The van der Waals surface area contributed by atoms with Gasteiger partial charge in [0.15, 0.2) is 0 Å². The molecule has 18 heavy (non-hydrogen) atoms.